The first-order valence-electron chi connectivity index (χ1n) is 5.84. The fraction of sp³-hybridized carbons (Fsp3) is 0.727. The zero-order valence-corrected chi connectivity index (χ0v) is 11.3. The van der Waals surface area contributed by atoms with Crippen LogP contribution in [0.25, 0.3) is 0 Å². The normalized spacial score (nSPS) is 12.3. The third kappa shape index (κ3) is 3.72. The van der Waals surface area contributed by atoms with E-state index in [0.29, 0.717) is 17.8 Å². The molecule has 0 bridgehead atoms. The summed E-state index contributed by atoms with van der Waals surface area (Å²) in [6.45, 7) is 5.28. The number of hydrogen-bond donors (Lipinski definition) is 1. The van der Waals surface area contributed by atoms with Crippen molar-refractivity contribution in [3.8, 4) is 0 Å². The van der Waals surface area contributed by atoms with Crippen molar-refractivity contribution in [3.05, 3.63) is 0 Å². The topological polar surface area (TPSA) is 71.2 Å². The number of nitrogens with two attached hydrogens (primary N) is 1. The Bertz CT molecular complexity index is 365. The summed E-state index contributed by atoms with van der Waals surface area (Å²) < 4.78 is 0. The molecule has 0 aliphatic heterocycles. The number of nitrogen functional groups attached to an aromatic ring is 1. The van der Waals surface area contributed by atoms with Crippen molar-refractivity contribution in [1.82, 2.24) is 15.0 Å². The standard InChI is InChI=1S/C11H22N6/c1-6-8(2)7-17(5)11-14-9(12)13-10(15-11)16(3)4/h8H,6-7H2,1-5H3,(H2,12,13,14,15). The van der Waals surface area contributed by atoms with Gasteiger partial charge in [0.05, 0.1) is 0 Å². The number of aromatic nitrogens is 3. The molecule has 0 saturated heterocycles. The lowest BCUT2D eigenvalue weighted by atomic mass is 10.1. The van der Waals surface area contributed by atoms with Crippen LogP contribution in [-0.2, 0) is 0 Å². The number of nitrogens with zero attached hydrogens (tertiary/aromatic N) is 5. The van der Waals surface area contributed by atoms with Crippen LogP contribution in [0, 0.1) is 5.92 Å². The molecule has 0 aromatic carbocycles. The van der Waals surface area contributed by atoms with Gasteiger partial charge in [-0.1, -0.05) is 20.3 Å². The van der Waals surface area contributed by atoms with Gasteiger partial charge in [0.1, 0.15) is 0 Å². The van der Waals surface area contributed by atoms with Gasteiger partial charge in [-0.05, 0) is 5.92 Å². The van der Waals surface area contributed by atoms with E-state index in [2.05, 4.69) is 28.8 Å². The summed E-state index contributed by atoms with van der Waals surface area (Å²) in [7, 11) is 5.74. The minimum Gasteiger partial charge on any atom is -0.368 e. The average molecular weight is 238 g/mol. The largest absolute Gasteiger partial charge is 0.368 e. The van der Waals surface area contributed by atoms with Gasteiger partial charge in [-0.25, -0.2) is 0 Å². The van der Waals surface area contributed by atoms with Gasteiger partial charge in [0.25, 0.3) is 0 Å². The Hall–Kier alpha value is -1.59. The molecular formula is C11H22N6. The first kappa shape index (κ1) is 13.5. The minimum atomic E-state index is 0.259. The maximum absolute atomic E-state index is 5.68. The SMILES string of the molecule is CCC(C)CN(C)c1nc(N)nc(N(C)C)n1. The van der Waals surface area contributed by atoms with Crippen LogP contribution in [0.1, 0.15) is 20.3 Å². The summed E-state index contributed by atoms with van der Waals surface area (Å²) in [6, 6.07) is 0. The average Bonchev–Trinajstić information content (AvgIpc) is 2.27. The molecule has 96 valence electrons. The second kappa shape index (κ2) is 5.65. The fourth-order valence-corrected chi connectivity index (χ4v) is 1.42. The molecule has 2 N–H and O–H groups in total. The summed E-state index contributed by atoms with van der Waals surface area (Å²) in [4.78, 5) is 16.4. The van der Waals surface area contributed by atoms with E-state index in [1.807, 2.05) is 30.9 Å². The highest BCUT2D eigenvalue weighted by Gasteiger charge is 2.12. The number of anilines is 3. The van der Waals surface area contributed by atoms with Gasteiger partial charge in [0.2, 0.25) is 17.8 Å². The van der Waals surface area contributed by atoms with Gasteiger partial charge >= 0.3 is 0 Å². The zero-order chi connectivity index (χ0) is 13.0. The van der Waals surface area contributed by atoms with Crippen molar-refractivity contribution in [2.45, 2.75) is 20.3 Å². The lowest BCUT2D eigenvalue weighted by Gasteiger charge is -2.21. The Morgan fingerprint density at radius 1 is 1.12 bits per heavy atom. The Kier molecular flexibility index (Phi) is 4.48. The Labute approximate surface area is 103 Å². The molecule has 1 heterocycles. The molecule has 1 unspecified atom stereocenters. The van der Waals surface area contributed by atoms with Gasteiger partial charge in [-0.2, -0.15) is 15.0 Å². The predicted octanol–water partition coefficient (Wildman–Crippen LogP) is 1.00. The summed E-state index contributed by atoms with van der Waals surface area (Å²) in [5, 5.41) is 0. The fourth-order valence-electron chi connectivity index (χ4n) is 1.42. The van der Waals surface area contributed by atoms with Crippen LogP contribution in [-0.4, -0.2) is 42.6 Å². The van der Waals surface area contributed by atoms with Crippen LogP contribution < -0.4 is 15.5 Å². The van der Waals surface area contributed by atoms with Crippen molar-refractivity contribution >= 4 is 17.8 Å². The maximum atomic E-state index is 5.68. The van der Waals surface area contributed by atoms with Gasteiger partial charge in [0.15, 0.2) is 0 Å². The molecule has 1 atom stereocenters. The lowest BCUT2D eigenvalue weighted by molar-refractivity contribution is 0.555. The Morgan fingerprint density at radius 2 is 1.71 bits per heavy atom. The third-order valence-corrected chi connectivity index (χ3v) is 2.65. The van der Waals surface area contributed by atoms with E-state index in [9.17, 15) is 0 Å². The van der Waals surface area contributed by atoms with Crippen molar-refractivity contribution in [3.63, 3.8) is 0 Å². The molecule has 1 aromatic heterocycles. The number of hydrogen-bond acceptors (Lipinski definition) is 6. The Balaban J connectivity index is 2.89. The zero-order valence-electron chi connectivity index (χ0n) is 11.3. The molecule has 17 heavy (non-hydrogen) atoms. The van der Waals surface area contributed by atoms with Gasteiger partial charge < -0.3 is 15.5 Å². The van der Waals surface area contributed by atoms with E-state index in [1.165, 1.54) is 0 Å². The quantitative estimate of drug-likeness (QED) is 0.825. The van der Waals surface area contributed by atoms with Crippen molar-refractivity contribution in [2.24, 2.45) is 5.92 Å². The second-order valence-electron chi connectivity index (χ2n) is 4.58. The molecule has 6 heteroatoms. The van der Waals surface area contributed by atoms with Crippen LogP contribution in [0.3, 0.4) is 0 Å². The summed E-state index contributed by atoms with van der Waals surface area (Å²) in [6.07, 6.45) is 1.13. The van der Waals surface area contributed by atoms with E-state index < -0.39 is 0 Å². The molecule has 1 aromatic rings. The molecule has 6 nitrogen and oxygen atoms in total. The molecule has 0 fully saturated rings. The van der Waals surface area contributed by atoms with Crippen molar-refractivity contribution in [1.29, 1.82) is 0 Å². The van der Waals surface area contributed by atoms with Crippen LogP contribution in [0.4, 0.5) is 17.8 Å². The van der Waals surface area contributed by atoms with E-state index >= 15 is 0 Å². The van der Waals surface area contributed by atoms with E-state index in [4.69, 9.17) is 5.73 Å². The van der Waals surface area contributed by atoms with E-state index in [-0.39, 0.29) is 5.95 Å². The first-order valence-corrected chi connectivity index (χ1v) is 5.84. The van der Waals surface area contributed by atoms with Crippen LogP contribution >= 0.6 is 0 Å². The van der Waals surface area contributed by atoms with Gasteiger partial charge in [0, 0.05) is 27.7 Å². The second-order valence-corrected chi connectivity index (χ2v) is 4.58. The molecular weight excluding hydrogens is 216 g/mol. The van der Waals surface area contributed by atoms with Gasteiger partial charge in [-0.3, -0.25) is 0 Å². The Morgan fingerprint density at radius 3 is 2.24 bits per heavy atom. The first-order chi connectivity index (χ1) is 7.93. The minimum absolute atomic E-state index is 0.259. The highest BCUT2D eigenvalue weighted by atomic mass is 15.3. The van der Waals surface area contributed by atoms with Gasteiger partial charge in [-0.15, -0.1) is 0 Å². The molecule has 0 spiro atoms. The summed E-state index contributed by atoms with van der Waals surface area (Å²) in [5.41, 5.74) is 5.68. The monoisotopic (exact) mass is 238 g/mol. The predicted molar refractivity (Wildman–Crippen MR) is 71.3 cm³/mol. The van der Waals surface area contributed by atoms with Crippen molar-refractivity contribution in [2.75, 3.05) is 43.2 Å². The smallest absolute Gasteiger partial charge is 0.231 e. The molecule has 0 radical (unpaired) electrons. The molecule has 0 aliphatic rings. The highest BCUT2D eigenvalue weighted by Crippen LogP contribution is 2.14. The molecule has 1 rings (SSSR count). The van der Waals surface area contributed by atoms with E-state index in [0.717, 1.165) is 13.0 Å². The molecule has 0 saturated carbocycles. The summed E-state index contributed by atoms with van der Waals surface area (Å²) >= 11 is 0. The van der Waals surface area contributed by atoms with E-state index in [1.54, 1.807) is 0 Å². The molecule has 0 aliphatic carbocycles. The molecule has 0 amide bonds. The van der Waals surface area contributed by atoms with Crippen molar-refractivity contribution < 1.29 is 0 Å². The van der Waals surface area contributed by atoms with Crippen LogP contribution in [0.2, 0.25) is 0 Å². The summed E-state index contributed by atoms with van der Waals surface area (Å²) in [5.74, 6) is 2.07. The number of rotatable bonds is 5. The lowest BCUT2D eigenvalue weighted by Crippen LogP contribution is -2.27. The highest BCUT2D eigenvalue weighted by molar-refractivity contribution is 5.42. The van der Waals surface area contributed by atoms with Crippen LogP contribution in [0.15, 0.2) is 0 Å². The maximum Gasteiger partial charge on any atom is 0.231 e. The third-order valence-electron chi connectivity index (χ3n) is 2.65. The van der Waals surface area contributed by atoms with Crippen LogP contribution in [0.5, 0.6) is 0 Å².